The molecule has 0 spiro atoms. The van der Waals surface area contributed by atoms with Crippen molar-refractivity contribution in [2.75, 3.05) is 53.6 Å². The number of likely N-dealkylation sites (N-methyl/N-ethyl adjacent to an activating group) is 1. The van der Waals surface area contributed by atoms with Crippen molar-refractivity contribution in [1.29, 1.82) is 0 Å². The van der Waals surface area contributed by atoms with E-state index in [1.54, 1.807) is 0 Å². The molecular formula is C24H48ClNO6. The normalized spacial score (nSPS) is 10.9. The number of rotatable bonds is 20. The third-order valence-electron chi connectivity index (χ3n) is 5.27. The summed E-state index contributed by atoms with van der Waals surface area (Å²) in [5, 5.41) is 0. The molecule has 0 unspecified atom stereocenters. The molecule has 0 aliphatic heterocycles. The standard InChI is InChI=1S/C24H48NO6.ClH/c1-5-7-9-11-13-15-19-28-23(26)30-21-17-25(3,4)18-22-31-24(27)29-20-16-14-12-10-8-6-2;/h5-22H2,1-4H3;1H/q+1;/p-1. The largest absolute Gasteiger partial charge is 1.00 e. The highest BCUT2D eigenvalue weighted by Gasteiger charge is 2.17. The smallest absolute Gasteiger partial charge is 0.508 e. The quantitative estimate of drug-likeness (QED) is 0.151. The Kier molecular flexibility index (Phi) is 23.7. The van der Waals surface area contributed by atoms with Gasteiger partial charge in [-0.2, -0.15) is 0 Å². The van der Waals surface area contributed by atoms with E-state index < -0.39 is 12.3 Å². The molecule has 0 aliphatic rings. The fourth-order valence-corrected chi connectivity index (χ4v) is 3.02. The maximum absolute atomic E-state index is 11.6. The van der Waals surface area contributed by atoms with E-state index in [0.29, 0.717) is 30.8 Å². The molecule has 0 N–H and O–H groups in total. The van der Waals surface area contributed by atoms with Crippen molar-refractivity contribution in [2.24, 2.45) is 0 Å². The van der Waals surface area contributed by atoms with Crippen LogP contribution < -0.4 is 12.4 Å². The molecule has 0 bridgehead atoms. The summed E-state index contributed by atoms with van der Waals surface area (Å²) in [7, 11) is 3.99. The number of ether oxygens (including phenoxy) is 4. The minimum atomic E-state index is -0.608. The van der Waals surface area contributed by atoms with Crippen molar-refractivity contribution in [1.82, 2.24) is 0 Å². The molecule has 0 atom stereocenters. The first-order chi connectivity index (χ1) is 14.9. The van der Waals surface area contributed by atoms with Gasteiger partial charge >= 0.3 is 12.3 Å². The summed E-state index contributed by atoms with van der Waals surface area (Å²) in [6.07, 6.45) is 12.6. The van der Waals surface area contributed by atoms with Crippen LogP contribution in [0.25, 0.3) is 0 Å². The van der Waals surface area contributed by atoms with Gasteiger partial charge in [-0.3, -0.25) is 0 Å². The Morgan fingerprint density at radius 1 is 0.531 bits per heavy atom. The van der Waals surface area contributed by atoms with Crippen LogP contribution in [0.5, 0.6) is 0 Å². The van der Waals surface area contributed by atoms with Crippen molar-refractivity contribution < 1.29 is 45.4 Å². The van der Waals surface area contributed by atoms with E-state index in [9.17, 15) is 9.59 Å². The van der Waals surface area contributed by atoms with Crippen LogP contribution in [0, 0.1) is 0 Å². The lowest BCUT2D eigenvalue weighted by Gasteiger charge is -2.28. The third-order valence-corrected chi connectivity index (χ3v) is 5.27. The van der Waals surface area contributed by atoms with E-state index in [4.69, 9.17) is 18.9 Å². The molecule has 0 aromatic rings. The molecule has 0 heterocycles. The summed E-state index contributed by atoms with van der Waals surface area (Å²) in [5.74, 6) is 0. The maximum Gasteiger partial charge on any atom is 0.508 e. The van der Waals surface area contributed by atoms with Crippen molar-refractivity contribution in [3.63, 3.8) is 0 Å². The van der Waals surface area contributed by atoms with Crippen LogP contribution in [-0.2, 0) is 18.9 Å². The number of quaternary nitrogens is 1. The van der Waals surface area contributed by atoms with Crippen LogP contribution in [0.15, 0.2) is 0 Å². The van der Waals surface area contributed by atoms with Gasteiger partial charge in [0, 0.05) is 0 Å². The van der Waals surface area contributed by atoms with Crippen LogP contribution in [0.3, 0.4) is 0 Å². The van der Waals surface area contributed by atoms with Gasteiger partial charge in [0.15, 0.2) is 0 Å². The van der Waals surface area contributed by atoms with Gasteiger partial charge in [0.1, 0.15) is 26.3 Å². The lowest BCUT2D eigenvalue weighted by atomic mass is 10.1. The molecule has 0 saturated carbocycles. The summed E-state index contributed by atoms with van der Waals surface area (Å²) in [4.78, 5) is 23.3. The molecular weight excluding hydrogens is 434 g/mol. The monoisotopic (exact) mass is 481 g/mol. The van der Waals surface area contributed by atoms with Crippen molar-refractivity contribution in [3.05, 3.63) is 0 Å². The second kappa shape index (κ2) is 23.0. The summed E-state index contributed by atoms with van der Waals surface area (Å²) in [6, 6.07) is 0. The van der Waals surface area contributed by atoms with E-state index in [2.05, 4.69) is 13.8 Å². The summed E-state index contributed by atoms with van der Waals surface area (Å²) < 4.78 is 21.0. The molecule has 0 aromatic carbocycles. The third kappa shape index (κ3) is 23.5. The minimum Gasteiger partial charge on any atom is -1.00 e. The van der Waals surface area contributed by atoms with E-state index in [1.807, 2.05) is 14.1 Å². The summed E-state index contributed by atoms with van der Waals surface area (Å²) >= 11 is 0. The molecule has 0 saturated heterocycles. The zero-order valence-electron chi connectivity index (χ0n) is 21.0. The molecule has 0 rings (SSSR count). The van der Waals surface area contributed by atoms with Gasteiger partial charge in [-0.15, -0.1) is 0 Å². The van der Waals surface area contributed by atoms with Crippen LogP contribution in [0.1, 0.15) is 90.9 Å². The highest BCUT2D eigenvalue weighted by molar-refractivity contribution is 5.60. The fourth-order valence-electron chi connectivity index (χ4n) is 3.02. The Hall–Kier alpha value is -1.21. The predicted molar refractivity (Wildman–Crippen MR) is 123 cm³/mol. The Bertz CT molecular complexity index is 410. The highest BCUT2D eigenvalue weighted by atomic mass is 35.5. The maximum atomic E-state index is 11.6. The Balaban J connectivity index is 0. The summed E-state index contributed by atoms with van der Waals surface area (Å²) in [6.45, 7) is 6.98. The highest BCUT2D eigenvalue weighted by Crippen LogP contribution is 2.06. The Morgan fingerprint density at radius 2 is 0.844 bits per heavy atom. The Morgan fingerprint density at radius 3 is 1.22 bits per heavy atom. The van der Waals surface area contributed by atoms with E-state index in [-0.39, 0.29) is 25.6 Å². The second-order valence-electron chi connectivity index (χ2n) is 8.81. The molecule has 0 aliphatic carbocycles. The zero-order chi connectivity index (χ0) is 23.2. The topological polar surface area (TPSA) is 71.1 Å². The SMILES string of the molecule is CCCCCCCCOC(=O)OCC[N+](C)(C)CCOC(=O)OCCCCCCCC.[Cl-]. The predicted octanol–water partition coefficient (Wildman–Crippen LogP) is 3.09. The number of carbonyl (C=O) groups excluding carboxylic acids is 2. The minimum absolute atomic E-state index is 0. The average Bonchev–Trinajstić information content (AvgIpc) is 2.72. The molecule has 192 valence electrons. The van der Waals surface area contributed by atoms with Crippen molar-refractivity contribution >= 4 is 12.3 Å². The molecule has 0 aromatic heterocycles. The average molecular weight is 482 g/mol. The second-order valence-corrected chi connectivity index (χ2v) is 8.81. The summed E-state index contributed by atoms with van der Waals surface area (Å²) in [5.41, 5.74) is 0. The van der Waals surface area contributed by atoms with Gasteiger partial charge in [-0.1, -0.05) is 78.1 Å². The van der Waals surface area contributed by atoms with Crippen LogP contribution in [0.4, 0.5) is 9.59 Å². The first-order valence-corrected chi connectivity index (χ1v) is 12.3. The molecule has 0 fully saturated rings. The van der Waals surface area contributed by atoms with Gasteiger partial charge in [-0.05, 0) is 12.8 Å². The van der Waals surface area contributed by atoms with E-state index >= 15 is 0 Å². The lowest BCUT2D eigenvalue weighted by Crippen LogP contribution is -3.00. The van der Waals surface area contributed by atoms with Gasteiger partial charge < -0.3 is 35.8 Å². The number of nitrogens with zero attached hydrogens (tertiary/aromatic N) is 1. The molecule has 32 heavy (non-hydrogen) atoms. The number of carbonyl (C=O) groups is 2. The van der Waals surface area contributed by atoms with E-state index in [0.717, 1.165) is 25.7 Å². The number of hydrogen-bond donors (Lipinski definition) is 0. The Labute approximate surface area is 202 Å². The van der Waals surface area contributed by atoms with Gasteiger partial charge in [0.2, 0.25) is 0 Å². The molecule has 0 amide bonds. The van der Waals surface area contributed by atoms with Gasteiger partial charge in [0.05, 0.1) is 27.3 Å². The lowest BCUT2D eigenvalue weighted by molar-refractivity contribution is -0.890. The molecule has 7 nitrogen and oxygen atoms in total. The number of unbranched alkanes of at least 4 members (excludes halogenated alkanes) is 10. The van der Waals surface area contributed by atoms with Crippen LogP contribution >= 0.6 is 0 Å². The van der Waals surface area contributed by atoms with Crippen molar-refractivity contribution in [2.45, 2.75) is 90.9 Å². The first kappa shape index (κ1) is 33.0. The fraction of sp³-hybridized carbons (Fsp3) is 0.917. The zero-order valence-corrected chi connectivity index (χ0v) is 21.8. The van der Waals surface area contributed by atoms with Crippen LogP contribution in [0.2, 0.25) is 0 Å². The van der Waals surface area contributed by atoms with Gasteiger partial charge in [0.25, 0.3) is 0 Å². The first-order valence-electron chi connectivity index (χ1n) is 12.3. The van der Waals surface area contributed by atoms with Crippen molar-refractivity contribution in [3.8, 4) is 0 Å². The van der Waals surface area contributed by atoms with Gasteiger partial charge in [-0.25, -0.2) is 9.59 Å². The molecule has 8 heteroatoms. The number of halogens is 1. The van der Waals surface area contributed by atoms with Crippen LogP contribution in [-0.4, -0.2) is 70.4 Å². The molecule has 0 radical (unpaired) electrons. The van der Waals surface area contributed by atoms with E-state index in [1.165, 1.54) is 51.4 Å². The number of hydrogen-bond acceptors (Lipinski definition) is 6.